The normalized spacial score (nSPS) is 9.86. The summed E-state index contributed by atoms with van der Waals surface area (Å²) in [5.74, 6) is 0.595. The van der Waals surface area contributed by atoms with E-state index in [1.807, 2.05) is 19.1 Å². The van der Waals surface area contributed by atoms with E-state index in [9.17, 15) is 4.79 Å². The first-order chi connectivity index (χ1) is 6.74. The van der Waals surface area contributed by atoms with Crippen molar-refractivity contribution in [3.05, 3.63) is 29.6 Å². The van der Waals surface area contributed by atoms with Gasteiger partial charge in [0.05, 0.1) is 12.2 Å². The van der Waals surface area contributed by atoms with Gasteiger partial charge in [-0.15, -0.1) is 0 Å². The minimum Gasteiger partial charge on any atom is -0.350 e. The molecule has 76 valence electrons. The SMILES string of the molecule is Cc1cccnc1CNC(=O)CCS. The number of hydrogen-bond acceptors (Lipinski definition) is 3. The first-order valence-electron chi connectivity index (χ1n) is 4.52. The molecule has 0 fully saturated rings. The van der Waals surface area contributed by atoms with Gasteiger partial charge in [-0.1, -0.05) is 6.07 Å². The summed E-state index contributed by atoms with van der Waals surface area (Å²) >= 11 is 3.98. The molecule has 0 saturated carbocycles. The van der Waals surface area contributed by atoms with E-state index < -0.39 is 0 Å². The summed E-state index contributed by atoms with van der Waals surface area (Å²) < 4.78 is 0. The van der Waals surface area contributed by atoms with Crippen molar-refractivity contribution in [2.75, 3.05) is 5.75 Å². The Balaban J connectivity index is 2.46. The molecule has 4 heteroatoms. The largest absolute Gasteiger partial charge is 0.350 e. The Kier molecular flexibility index (Phi) is 4.46. The van der Waals surface area contributed by atoms with Gasteiger partial charge in [-0.2, -0.15) is 12.6 Å². The molecule has 0 atom stereocenters. The first-order valence-corrected chi connectivity index (χ1v) is 5.15. The summed E-state index contributed by atoms with van der Waals surface area (Å²) in [4.78, 5) is 15.3. The lowest BCUT2D eigenvalue weighted by molar-refractivity contribution is -0.120. The maximum absolute atomic E-state index is 11.1. The summed E-state index contributed by atoms with van der Waals surface area (Å²) in [5, 5.41) is 2.79. The molecular formula is C10H14N2OS. The highest BCUT2D eigenvalue weighted by Gasteiger charge is 2.01. The molecule has 3 nitrogen and oxygen atoms in total. The lowest BCUT2D eigenvalue weighted by Crippen LogP contribution is -2.23. The summed E-state index contributed by atoms with van der Waals surface area (Å²) in [6, 6.07) is 3.86. The van der Waals surface area contributed by atoms with E-state index >= 15 is 0 Å². The van der Waals surface area contributed by atoms with Gasteiger partial charge >= 0.3 is 0 Å². The van der Waals surface area contributed by atoms with Crippen LogP contribution in [0.1, 0.15) is 17.7 Å². The van der Waals surface area contributed by atoms with Gasteiger partial charge < -0.3 is 5.32 Å². The molecule has 1 N–H and O–H groups in total. The molecule has 0 aliphatic heterocycles. The number of hydrogen-bond donors (Lipinski definition) is 2. The minimum absolute atomic E-state index is 0.0186. The second-order valence-electron chi connectivity index (χ2n) is 3.02. The highest BCUT2D eigenvalue weighted by molar-refractivity contribution is 7.80. The highest BCUT2D eigenvalue weighted by Crippen LogP contribution is 2.02. The number of thiol groups is 1. The van der Waals surface area contributed by atoms with Crippen LogP contribution < -0.4 is 5.32 Å². The fourth-order valence-electron chi connectivity index (χ4n) is 1.08. The van der Waals surface area contributed by atoms with Crippen LogP contribution in [-0.2, 0) is 11.3 Å². The lowest BCUT2D eigenvalue weighted by Gasteiger charge is -2.05. The number of aryl methyl sites for hydroxylation is 1. The van der Waals surface area contributed by atoms with Gasteiger partial charge in [-0.3, -0.25) is 9.78 Å². The second-order valence-corrected chi connectivity index (χ2v) is 3.46. The van der Waals surface area contributed by atoms with Gasteiger partial charge in [-0.25, -0.2) is 0 Å². The Bertz CT molecular complexity index is 315. The molecule has 1 aromatic rings. The zero-order chi connectivity index (χ0) is 10.4. The maximum atomic E-state index is 11.1. The summed E-state index contributed by atoms with van der Waals surface area (Å²) in [5.41, 5.74) is 2.01. The Morgan fingerprint density at radius 1 is 1.64 bits per heavy atom. The molecule has 1 amide bonds. The average Bonchev–Trinajstić information content (AvgIpc) is 2.17. The van der Waals surface area contributed by atoms with E-state index in [0.29, 0.717) is 18.7 Å². The fourth-order valence-corrected chi connectivity index (χ4v) is 1.28. The van der Waals surface area contributed by atoms with E-state index in [2.05, 4.69) is 22.9 Å². The Morgan fingerprint density at radius 2 is 2.43 bits per heavy atom. The Labute approximate surface area is 89.3 Å². The van der Waals surface area contributed by atoms with Crippen molar-refractivity contribution in [1.29, 1.82) is 0 Å². The molecule has 1 rings (SSSR count). The van der Waals surface area contributed by atoms with Gasteiger partial charge in [-0.05, 0) is 24.3 Å². The third-order valence-corrected chi connectivity index (χ3v) is 2.13. The number of carbonyl (C=O) groups is 1. The maximum Gasteiger partial charge on any atom is 0.221 e. The van der Waals surface area contributed by atoms with Gasteiger partial charge in [0, 0.05) is 12.6 Å². The number of nitrogens with one attached hydrogen (secondary N) is 1. The van der Waals surface area contributed by atoms with Crippen LogP contribution in [0.15, 0.2) is 18.3 Å². The lowest BCUT2D eigenvalue weighted by atomic mass is 10.2. The highest BCUT2D eigenvalue weighted by atomic mass is 32.1. The molecule has 1 aromatic heterocycles. The molecule has 1 heterocycles. The number of amides is 1. The van der Waals surface area contributed by atoms with Crippen LogP contribution in [0, 0.1) is 6.92 Å². The number of pyridine rings is 1. The third kappa shape index (κ3) is 3.38. The zero-order valence-corrected chi connectivity index (χ0v) is 9.05. The quantitative estimate of drug-likeness (QED) is 0.736. The molecule has 0 aliphatic rings. The number of rotatable bonds is 4. The van der Waals surface area contributed by atoms with E-state index in [0.717, 1.165) is 11.3 Å². The van der Waals surface area contributed by atoms with E-state index in [-0.39, 0.29) is 5.91 Å². The standard InChI is InChI=1S/C10H14N2OS/c1-8-3-2-5-11-9(8)7-12-10(13)4-6-14/h2-3,5,14H,4,6-7H2,1H3,(H,12,13). The first kappa shape index (κ1) is 11.0. The topological polar surface area (TPSA) is 42.0 Å². The van der Waals surface area contributed by atoms with E-state index in [1.165, 1.54) is 0 Å². The third-order valence-electron chi connectivity index (χ3n) is 1.91. The van der Waals surface area contributed by atoms with Gasteiger partial charge in [0.2, 0.25) is 5.91 Å². The molecule has 0 aromatic carbocycles. The van der Waals surface area contributed by atoms with Crippen molar-refractivity contribution in [2.24, 2.45) is 0 Å². The van der Waals surface area contributed by atoms with Crippen molar-refractivity contribution >= 4 is 18.5 Å². The Hall–Kier alpha value is -1.03. The molecule has 0 bridgehead atoms. The van der Waals surface area contributed by atoms with Crippen LogP contribution >= 0.6 is 12.6 Å². The summed E-state index contributed by atoms with van der Waals surface area (Å²) in [6.45, 7) is 2.48. The van der Waals surface area contributed by atoms with Crippen LogP contribution in [0.2, 0.25) is 0 Å². The van der Waals surface area contributed by atoms with Gasteiger partial charge in [0.15, 0.2) is 0 Å². The fraction of sp³-hybridized carbons (Fsp3) is 0.400. The summed E-state index contributed by atoms with van der Waals surface area (Å²) in [6.07, 6.45) is 2.18. The predicted octanol–water partition coefficient (Wildman–Crippen LogP) is 1.33. The van der Waals surface area contributed by atoms with E-state index in [1.54, 1.807) is 6.20 Å². The van der Waals surface area contributed by atoms with Crippen molar-refractivity contribution in [3.8, 4) is 0 Å². The van der Waals surface area contributed by atoms with Gasteiger partial charge in [0.1, 0.15) is 0 Å². The second kappa shape index (κ2) is 5.65. The van der Waals surface area contributed by atoms with Crippen LogP contribution in [0.4, 0.5) is 0 Å². The predicted molar refractivity (Wildman–Crippen MR) is 59.3 cm³/mol. The van der Waals surface area contributed by atoms with Crippen LogP contribution in [0.25, 0.3) is 0 Å². The monoisotopic (exact) mass is 210 g/mol. The molecular weight excluding hydrogens is 196 g/mol. The van der Waals surface area contributed by atoms with E-state index in [4.69, 9.17) is 0 Å². The number of aromatic nitrogens is 1. The molecule has 0 radical (unpaired) electrons. The smallest absolute Gasteiger partial charge is 0.221 e. The molecule has 0 saturated heterocycles. The molecule has 0 aliphatic carbocycles. The van der Waals surface area contributed by atoms with Crippen molar-refractivity contribution in [1.82, 2.24) is 10.3 Å². The summed E-state index contributed by atoms with van der Waals surface area (Å²) in [7, 11) is 0. The van der Waals surface area contributed by atoms with Crippen molar-refractivity contribution in [2.45, 2.75) is 19.9 Å². The van der Waals surface area contributed by atoms with Crippen LogP contribution in [0.5, 0.6) is 0 Å². The minimum atomic E-state index is 0.0186. The number of carbonyl (C=O) groups excluding carboxylic acids is 1. The van der Waals surface area contributed by atoms with Gasteiger partial charge in [0.25, 0.3) is 0 Å². The average molecular weight is 210 g/mol. The van der Waals surface area contributed by atoms with Crippen LogP contribution in [0.3, 0.4) is 0 Å². The Morgan fingerprint density at radius 3 is 3.07 bits per heavy atom. The van der Waals surface area contributed by atoms with Crippen molar-refractivity contribution < 1.29 is 4.79 Å². The number of nitrogens with zero attached hydrogens (tertiary/aromatic N) is 1. The zero-order valence-electron chi connectivity index (χ0n) is 8.16. The van der Waals surface area contributed by atoms with Crippen molar-refractivity contribution in [3.63, 3.8) is 0 Å². The molecule has 14 heavy (non-hydrogen) atoms. The van der Waals surface area contributed by atoms with Crippen LogP contribution in [-0.4, -0.2) is 16.6 Å². The molecule has 0 unspecified atom stereocenters. The molecule has 0 spiro atoms.